The fourth-order valence-corrected chi connectivity index (χ4v) is 2.26. The van der Waals surface area contributed by atoms with Crippen LogP contribution in [0.1, 0.15) is 33.1 Å². The quantitative estimate of drug-likeness (QED) is 0.708. The molecule has 1 fully saturated rings. The minimum atomic E-state index is -0.533. The number of hydrogen-bond donors (Lipinski definition) is 2. The SMILES string of the molecule is CCC(CC)(NC(=O)C1CCOC1)C(N)=S. The van der Waals surface area contributed by atoms with E-state index in [1.165, 1.54) is 0 Å². The molecule has 0 spiro atoms. The zero-order valence-corrected chi connectivity index (χ0v) is 10.7. The van der Waals surface area contributed by atoms with Crippen LogP contribution in [0.5, 0.6) is 0 Å². The van der Waals surface area contributed by atoms with Gasteiger partial charge in [-0.2, -0.15) is 0 Å². The Bertz CT molecular complexity index is 271. The normalized spacial score (nSPS) is 20.8. The van der Waals surface area contributed by atoms with E-state index in [1.807, 2.05) is 13.8 Å². The number of thiocarbonyl (C=S) groups is 1. The van der Waals surface area contributed by atoms with Crippen LogP contribution in [-0.2, 0) is 9.53 Å². The highest BCUT2D eigenvalue weighted by atomic mass is 32.1. The number of rotatable bonds is 5. The third-order valence-corrected chi connectivity index (χ3v) is 3.73. The van der Waals surface area contributed by atoms with Crippen molar-refractivity contribution in [2.45, 2.75) is 38.6 Å². The lowest BCUT2D eigenvalue weighted by atomic mass is 9.91. The summed E-state index contributed by atoms with van der Waals surface area (Å²) in [6, 6.07) is 0. The summed E-state index contributed by atoms with van der Waals surface area (Å²) < 4.78 is 5.20. The van der Waals surface area contributed by atoms with E-state index < -0.39 is 5.54 Å². The Hall–Kier alpha value is -0.680. The van der Waals surface area contributed by atoms with Crippen LogP contribution in [0.15, 0.2) is 0 Å². The monoisotopic (exact) mass is 244 g/mol. The summed E-state index contributed by atoms with van der Waals surface area (Å²) in [6.07, 6.45) is 2.23. The molecule has 1 rings (SSSR count). The predicted molar refractivity (Wildman–Crippen MR) is 67.2 cm³/mol. The van der Waals surface area contributed by atoms with Crippen molar-refractivity contribution in [1.82, 2.24) is 5.32 Å². The summed E-state index contributed by atoms with van der Waals surface area (Å²) in [5.41, 5.74) is 5.19. The van der Waals surface area contributed by atoms with Crippen molar-refractivity contribution < 1.29 is 9.53 Å². The molecular formula is C11H20N2O2S. The first kappa shape index (κ1) is 13.4. The summed E-state index contributed by atoms with van der Waals surface area (Å²) in [4.78, 5) is 12.3. The molecular weight excluding hydrogens is 224 g/mol. The first-order valence-corrected chi connectivity index (χ1v) is 6.16. The van der Waals surface area contributed by atoms with E-state index in [0.717, 1.165) is 19.3 Å². The topological polar surface area (TPSA) is 64.3 Å². The van der Waals surface area contributed by atoms with Crippen LogP contribution in [0, 0.1) is 5.92 Å². The second-order valence-electron chi connectivity index (χ2n) is 4.20. The lowest BCUT2D eigenvalue weighted by Crippen LogP contribution is -2.57. The van der Waals surface area contributed by atoms with Gasteiger partial charge in [0.05, 0.1) is 23.1 Å². The molecule has 0 aliphatic carbocycles. The van der Waals surface area contributed by atoms with Crippen molar-refractivity contribution in [3.05, 3.63) is 0 Å². The van der Waals surface area contributed by atoms with E-state index in [4.69, 9.17) is 22.7 Å². The molecule has 1 unspecified atom stereocenters. The molecule has 1 aliphatic heterocycles. The summed E-state index contributed by atoms with van der Waals surface area (Å²) >= 11 is 5.05. The van der Waals surface area contributed by atoms with Crippen molar-refractivity contribution in [3.8, 4) is 0 Å². The van der Waals surface area contributed by atoms with Crippen LogP contribution < -0.4 is 11.1 Å². The van der Waals surface area contributed by atoms with Crippen LogP contribution >= 0.6 is 12.2 Å². The molecule has 1 heterocycles. The summed E-state index contributed by atoms with van der Waals surface area (Å²) in [6.45, 7) is 5.13. The molecule has 16 heavy (non-hydrogen) atoms. The Kier molecular flexibility index (Phi) is 4.68. The Morgan fingerprint density at radius 3 is 2.56 bits per heavy atom. The molecule has 5 heteroatoms. The van der Waals surface area contributed by atoms with Gasteiger partial charge in [0, 0.05) is 6.61 Å². The minimum absolute atomic E-state index is 0.00833. The van der Waals surface area contributed by atoms with Crippen LogP contribution in [0.2, 0.25) is 0 Å². The van der Waals surface area contributed by atoms with Crippen LogP contribution in [-0.4, -0.2) is 29.6 Å². The maximum Gasteiger partial charge on any atom is 0.226 e. The van der Waals surface area contributed by atoms with Gasteiger partial charge in [0.2, 0.25) is 5.91 Å². The van der Waals surface area contributed by atoms with Gasteiger partial charge in [0.25, 0.3) is 0 Å². The average molecular weight is 244 g/mol. The van der Waals surface area contributed by atoms with Gasteiger partial charge >= 0.3 is 0 Å². The number of carbonyl (C=O) groups is 1. The van der Waals surface area contributed by atoms with Crippen molar-refractivity contribution in [2.75, 3.05) is 13.2 Å². The average Bonchev–Trinajstić information content (AvgIpc) is 2.78. The van der Waals surface area contributed by atoms with E-state index in [1.54, 1.807) is 0 Å². The lowest BCUT2D eigenvalue weighted by Gasteiger charge is -2.32. The van der Waals surface area contributed by atoms with E-state index >= 15 is 0 Å². The zero-order valence-electron chi connectivity index (χ0n) is 9.91. The number of amides is 1. The molecule has 0 bridgehead atoms. The number of nitrogens with one attached hydrogen (secondary N) is 1. The predicted octanol–water partition coefficient (Wildman–Crippen LogP) is 0.984. The molecule has 3 N–H and O–H groups in total. The second kappa shape index (κ2) is 5.59. The number of ether oxygens (including phenoxy) is 1. The fourth-order valence-electron chi connectivity index (χ4n) is 1.92. The Morgan fingerprint density at radius 2 is 2.19 bits per heavy atom. The van der Waals surface area contributed by atoms with Gasteiger partial charge in [-0.15, -0.1) is 0 Å². The first-order chi connectivity index (χ1) is 7.55. The van der Waals surface area contributed by atoms with Crippen molar-refractivity contribution in [3.63, 3.8) is 0 Å². The molecule has 1 atom stereocenters. The molecule has 0 aromatic carbocycles. The number of nitrogens with two attached hydrogens (primary N) is 1. The second-order valence-corrected chi connectivity index (χ2v) is 4.64. The van der Waals surface area contributed by atoms with E-state index in [2.05, 4.69) is 5.32 Å². The number of hydrogen-bond acceptors (Lipinski definition) is 3. The summed E-state index contributed by atoms with van der Waals surface area (Å²) in [7, 11) is 0. The van der Waals surface area contributed by atoms with Gasteiger partial charge < -0.3 is 15.8 Å². The molecule has 0 aromatic heterocycles. The van der Waals surface area contributed by atoms with Crippen LogP contribution in [0.25, 0.3) is 0 Å². The van der Waals surface area contributed by atoms with Gasteiger partial charge in [-0.1, -0.05) is 26.1 Å². The maximum absolute atomic E-state index is 12.0. The van der Waals surface area contributed by atoms with Gasteiger partial charge in [-0.05, 0) is 19.3 Å². The van der Waals surface area contributed by atoms with Crippen molar-refractivity contribution in [1.29, 1.82) is 0 Å². The Labute approximate surface area is 102 Å². The largest absolute Gasteiger partial charge is 0.391 e. The van der Waals surface area contributed by atoms with Crippen molar-refractivity contribution in [2.24, 2.45) is 11.7 Å². The smallest absolute Gasteiger partial charge is 0.226 e. The lowest BCUT2D eigenvalue weighted by molar-refractivity contribution is -0.126. The molecule has 0 aromatic rings. The standard InChI is InChI=1S/C11H20N2O2S/c1-3-11(4-2,10(12)16)13-9(14)8-5-6-15-7-8/h8H,3-7H2,1-2H3,(H2,12,16)(H,13,14). The maximum atomic E-state index is 12.0. The van der Waals surface area contributed by atoms with Gasteiger partial charge in [0.15, 0.2) is 0 Å². The molecule has 1 saturated heterocycles. The molecule has 0 saturated carbocycles. The van der Waals surface area contributed by atoms with Crippen molar-refractivity contribution >= 4 is 23.1 Å². The van der Waals surface area contributed by atoms with E-state index in [9.17, 15) is 4.79 Å². The van der Waals surface area contributed by atoms with Gasteiger partial charge in [0.1, 0.15) is 0 Å². The zero-order chi connectivity index (χ0) is 12.2. The molecule has 1 aliphatic rings. The molecule has 0 radical (unpaired) electrons. The molecule has 92 valence electrons. The Morgan fingerprint density at radius 1 is 1.56 bits per heavy atom. The number of carbonyl (C=O) groups excluding carboxylic acids is 1. The van der Waals surface area contributed by atoms with E-state index in [-0.39, 0.29) is 11.8 Å². The first-order valence-electron chi connectivity index (χ1n) is 5.75. The van der Waals surface area contributed by atoms with Gasteiger partial charge in [-0.25, -0.2) is 0 Å². The third kappa shape index (κ3) is 2.71. The Balaban J connectivity index is 2.67. The van der Waals surface area contributed by atoms with Crippen LogP contribution in [0.3, 0.4) is 0 Å². The molecule has 1 amide bonds. The van der Waals surface area contributed by atoms with E-state index in [0.29, 0.717) is 18.2 Å². The molecule has 4 nitrogen and oxygen atoms in total. The third-order valence-electron chi connectivity index (χ3n) is 3.34. The summed E-state index contributed by atoms with van der Waals surface area (Å²) in [5.74, 6) is -0.0409. The van der Waals surface area contributed by atoms with Crippen LogP contribution in [0.4, 0.5) is 0 Å². The highest BCUT2D eigenvalue weighted by Gasteiger charge is 2.34. The summed E-state index contributed by atoms with van der Waals surface area (Å²) in [5, 5.41) is 2.99. The minimum Gasteiger partial charge on any atom is -0.391 e. The highest BCUT2D eigenvalue weighted by Crippen LogP contribution is 2.19. The van der Waals surface area contributed by atoms with Gasteiger partial charge in [-0.3, -0.25) is 4.79 Å². The highest BCUT2D eigenvalue weighted by molar-refractivity contribution is 7.80. The fraction of sp³-hybridized carbons (Fsp3) is 0.818.